The van der Waals surface area contributed by atoms with E-state index in [9.17, 15) is 9.90 Å². The zero-order valence-corrected chi connectivity index (χ0v) is 11.7. The third-order valence-corrected chi connectivity index (χ3v) is 2.02. The minimum Gasteiger partial charge on any atom is -0.549 e. The van der Waals surface area contributed by atoms with Crippen molar-refractivity contribution in [2.75, 3.05) is 5.73 Å². The van der Waals surface area contributed by atoms with E-state index < -0.39 is 11.4 Å². The number of carbonyl (C=O) groups excluding carboxylic acids is 1. The van der Waals surface area contributed by atoms with Gasteiger partial charge in [-0.1, -0.05) is 19.9 Å². The number of nitrogens with two attached hydrogens (primary N) is 1. The minimum atomic E-state index is -1.13. The monoisotopic (exact) mass is 218 g/mol. The number of pyridine rings is 1. The smallest absolute Gasteiger partial charge is 0.549 e. The fraction of sp³-hybridized carbons (Fsp3) is 0.333. The quantitative estimate of drug-likeness (QED) is 0.527. The first-order chi connectivity index (χ1) is 5.94. The number of carboxylic acids is 1. The van der Waals surface area contributed by atoms with Gasteiger partial charge in [0.05, 0.1) is 5.97 Å². The summed E-state index contributed by atoms with van der Waals surface area (Å²) in [4.78, 5) is 14.6. The van der Waals surface area contributed by atoms with Crippen molar-refractivity contribution in [3.05, 3.63) is 23.9 Å². The SMILES string of the molecule is CC(C)(C(=O)[O-])c1ccc(N)nc1.[K+]. The molecule has 2 N–H and O–H groups in total. The Kier molecular flexibility index (Phi) is 5.25. The number of hydrogen-bond donors (Lipinski definition) is 1. The largest absolute Gasteiger partial charge is 1.00 e. The fourth-order valence-corrected chi connectivity index (χ4v) is 0.893. The molecule has 0 spiro atoms. The molecule has 0 bridgehead atoms. The van der Waals surface area contributed by atoms with Crippen molar-refractivity contribution in [2.24, 2.45) is 0 Å². The van der Waals surface area contributed by atoms with Gasteiger partial charge in [-0.25, -0.2) is 4.98 Å². The van der Waals surface area contributed by atoms with E-state index in [1.165, 1.54) is 6.20 Å². The van der Waals surface area contributed by atoms with Gasteiger partial charge in [0.15, 0.2) is 0 Å². The zero-order chi connectivity index (χ0) is 10.1. The molecule has 1 rings (SSSR count). The van der Waals surface area contributed by atoms with E-state index in [0.29, 0.717) is 11.4 Å². The number of nitrogens with zero attached hydrogens (tertiary/aromatic N) is 1. The van der Waals surface area contributed by atoms with Crippen LogP contribution < -0.4 is 62.2 Å². The average Bonchev–Trinajstić information content (AvgIpc) is 2.04. The Balaban J connectivity index is 0.00000169. The molecule has 0 radical (unpaired) electrons. The van der Waals surface area contributed by atoms with Crippen molar-refractivity contribution in [2.45, 2.75) is 19.3 Å². The maximum atomic E-state index is 10.7. The summed E-state index contributed by atoms with van der Waals surface area (Å²) in [6, 6.07) is 3.21. The van der Waals surface area contributed by atoms with Gasteiger partial charge in [-0.3, -0.25) is 0 Å². The molecule has 0 aliphatic carbocycles. The van der Waals surface area contributed by atoms with Crippen LogP contribution in [0.1, 0.15) is 19.4 Å². The van der Waals surface area contributed by atoms with Crippen LogP contribution in [0.5, 0.6) is 0 Å². The molecule has 0 amide bonds. The predicted molar refractivity (Wildman–Crippen MR) is 46.7 cm³/mol. The Morgan fingerprint density at radius 2 is 2.07 bits per heavy atom. The van der Waals surface area contributed by atoms with Gasteiger partial charge in [0.1, 0.15) is 5.82 Å². The van der Waals surface area contributed by atoms with Crippen LogP contribution >= 0.6 is 0 Å². The standard InChI is InChI=1S/C9H12N2O2.K/c1-9(2,8(12)13)6-3-4-7(10)11-5-6;/h3-5H,1-2H3,(H2,10,11)(H,12,13);/q;+1/p-1. The second-order valence-electron chi connectivity index (χ2n) is 3.38. The summed E-state index contributed by atoms with van der Waals surface area (Å²) in [5.74, 6) is -0.753. The van der Waals surface area contributed by atoms with Gasteiger partial charge in [0.25, 0.3) is 0 Å². The topological polar surface area (TPSA) is 79.0 Å². The Hall–Kier alpha value is 0.0564. The third kappa shape index (κ3) is 3.03. The molecule has 0 unspecified atom stereocenters. The van der Waals surface area contributed by atoms with Crippen molar-refractivity contribution < 1.29 is 61.3 Å². The van der Waals surface area contributed by atoms with Crippen molar-refractivity contribution in [3.8, 4) is 0 Å². The van der Waals surface area contributed by atoms with Gasteiger partial charge in [0, 0.05) is 11.6 Å². The molecule has 1 heterocycles. The summed E-state index contributed by atoms with van der Waals surface area (Å²) < 4.78 is 0. The number of rotatable bonds is 2. The van der Waals surface area contributed by atoms with Gasteiger partial charge < -0.3 is 15.6 Å². The fourth-order valence-electron chi connectivity index (χ4n) is 0.893. The first-order valence-corrected chi connectivity index (χ1v) is 3.88. The maximum Gasteiger partial charge on any atom is 1.00 e. The molecule has 0 aliphatic rings. The maximum absolute atomic E-state index is 10.7. The van der Waals surface area contributed by atoms with Crippen molar-refractivity contribution >= 4 is 11.8 Å². The molecule has 0 aliphatic heterocycles. The van der Waals surface area contributed by atoms with Gasteiger partial charge >= 0.3 is 51.4 Å². The number of aliphatic carboxylic acids is 1. The van der Waals surface area contributed by atoms with E-state index in [1.54, 1.807) is 26.0 Å². The second kappa shape index (κ2) is 5.23. The van der Waals surface area contributed by atoms with Gasteiger partial charge in [-0.2, -0.15) is 0 Å². The Bertz CT molecular complexity index is 322. The Morgan fingerprint density at radius 3 is 2.43 bits per heavy atom. The molecule has 1 aromatic heterocycles. The van der Waals surface area contributed by atoms with Crippen LogP contribution in [0.3, 0.4) is 0 Å². The summed E-state index contributed by atoms with van der Waals surface area (Å²) in [5, 5.41) is 10.7. The first-order valence-electron chi connectivity index (χ1n) is 3.88. The molecule has 1 aromatic rings. The van der Waals surface area contributed by atoms with Crippen LogP contribution in [0.4, 0.5) is 5.82 Å². The molecular weight excluding hydrogens is 207 g/mol. The summed E-state index contributed by atoms with van der Waals surface area (Å²) >= 11 is 0. The predicted octanol–water partition coefficient (Wildman–Crippen LogP) is -3.30. The molecule has 0 saturated heterocycles. The van der Waals surface area contributed by atoms with E-state index in [1.807, 2.05) is 0 Å². The second-order valence-corrected chi connectivity index (χ2v) is 3.38. The van der Waals surface area contributed by atoms with Crippen LogP contribution in [0, 0.1) is 0 Å². The molecule has 0 aromatic carbocycles. The van der Waals surface area contributed by atoms with E-state index in [4.69, 9.17) is 5.73 Å². The van der Waals surface area contributed by atoms with Crippen LogP contribution in [0.2, 0.25) is 0 Å². The number of nitrogen functional groups attached to an aromatic ring is 1. The number of anilines is 1. The van der Waals surface area contributed by atoms with Crippen LogP contribution in [-0.2, 0) is 10.2 Å². The Labute approximate surface area is 125 Å². The normalized spacial score (nSPS) is 10.4. The minimum absolute atomic E-state index is 0. The summed E-state index contributed by atoms with van der Waals surface area (Å²) in [6.45, 7) is 3.13. The van der Waals surface area contributed by atoms with Crippen molar-refractivity contribution in [3.63, 3.8) is 0 Å². The molecule has 0 atom stereocenters. The Morgan fingerprint density at radius 1 is 1.50 bits per heavy atom. The number of aromatic nitrogens is 1. The third-order valence-electron chi connectivity index (χ3n) is 2.02. The van der Waals surface area contributed by atoms with Crippen LogP contribution in [-0.4, -0.2) is 11.0 Å². The molecular formula is C9H11KN2O2. The molecule has 0 saturated carbocycles. The number of carboxylic acid groups (broad SMARTS) is 1. The molecule has 5 heteroatoms. The number of carbonyl (C=O) groups is 1. The van der Waals surface area contributed by atoms with Gasteiger partial charge in [-0.15, -0.1) is 0 Å². The zero-order valence-electron chi connectivity index (χ0n) is 8.57. The van der Waals surface area contributed by atoms with Crippen LogP contribution in [0.15, 0.2) is 18.3 Å². The molecule has 14 heavy (non-hydrogen) atoms. The molecule has 0 fully saturated rings. The first kappa shape index (κ1) is 14.1. The van der Waals surface area contributed by atoms with E-state index in [0.717, 1.165) is 0 Å². The van der Waals surface area contributed by atoms with Crippen molar-refractivity contribution in [1.29, 1.82) is 0 Å². The van der Waals surface area contributed by atoms with Gasteiger partial charge in [-0.05, 0) is 11.6 Å². The summed E-state index contributed by atoms with van der Waals surface area (Å²) in [6.07, 6.45) is 1.45. The molecule has 4 nitrogen and oxygen atoms in total. The molecule has 70 valence electrons. The van der Waals surface area contributed by atoms with Crippen LogP contribution in [0.25, 0.3) is 0 Å². The summed E-state index contributed by atoms with van der Waals surface area (Å²) in [7, 11) is 0. The van der Waals surface area contributed by atoms with Gasteiger partial charge in [0.2, 0.25) is 0 Å². The van der Waals surface area contributed by atoms with E-state index >= 15 is 0 Å². The summed E-state index contributed by atoms with van der Waals surface area (Å²) in [5.41, 5.74) is 4.93. The number of hydrogen-bond acceptors (Lipinski definition) is 4. The van der Waals surface area contributed by atoms with E-state index in [-0.39, 0.29) is 51.4 Å². The van der Waals surface area contributed by atoms with Crippen molar-refractivity contribution in [1.82, 2.24) is 4.98 Å². The average molecular weight is 218 g/mol. The van der Waals surface area contributed by atoms with E-state index in [2.05, 4.69) is 4.98 Å².